The summed E-state index contributed by atoms with van der Waals surface area (Å²) in [5.41, 5.74) is 0.756. The van der Waals surface area contributed by atoms with Crippen LogP contribution in [-0.2, 0) is 11.2 Å². The van der Waals surface area contributed by atoms with Gasteiger partial charge >= 0.3 is 0 Å². The van der Waals surface area contributed by atoms with Gasteiger partial charge in [0.15, 0.2) is 0 Å². The van der Waals surface area contributed by atoms with Gasteiger partial charge in [0, 0.05) is 19.5 Å². The van der Waals surface area contributed by atoms with Crippen molar-refractivity contribution >= 4 is 5.91 Å². The molecule has 0 radical (unpaired) electrons. The van der Waals surface area contributed by atoms with Crippen molar-refractivity contribution in [3.63, 3.8) is 0 Å². The third-order valence-electron chi connectivity index (χ3n) is 4.74. The molecule has 0 saturated carbocycles. The quantitative estimate of drug-likeness (QED) is 0.854. The Morgan fingerprint density at radius 1 is 1.32 bits per heavy atom. The third kappa shape index (κ3) is 4.03. The molecule has 7 heteroatoms. The lowest BCUT2D eigenvalue weighted by Crippen LogP contribution is -2.46. The Hall–Kier alpha value is -2.31. The maximum absolute atomic E-state index is 13.6. The van der Waals surface area contributed by atoms with E-state index in [1.54, 1.807) is 17.7 Å². The number of amides is 1. The number of halogens is 1. The van der Waals surface area contributed by atoms with Crippen molar-refractivity contribution in [3.05, 3.63) is 41.5 Å². The second-order valence-electron chi connectivity index (χ2n) is 7.21. The minimum atomic E-state index is -0.561. The van der Waals surface area contributed by atoms with Crippen LogP contribution in [0.15, 0.2) is 24.3 Å². The molecule has 0 bridgehead atoms. The first-order valence-electron chi connectivity index (χ1n) is 8.71. The van der Waals surface area contributed by atoms with Crippen molar-refractivity contribution < 1.29 is 9.18 Å². The zero-order valence-electron chi connectivity index (χ0n) is 14.9. The Bertz CT molecular complexity index is 737. The number of aromatic nitrogens is 4. The maximum Gasteiger partial charge on any atom is 0.247 e. The van der Waals surface area contributed by atoms with E-state index in [1.165, 1.54) is 12.1 Å². The van der Waals surface area contributed by atoms with E-state index < -0.39 is 6.04 Å². The Morgan fingerprint density at radius 2 is 2.04 bits per heavy atom. The van der Waals surface area contributed by atoms with Crippen LogP contribution in [0.4, 0.5) is 4.39 Å². The molecule has 3 rings (SSSR count). The van der Waals surface area contributed by atoms with E-state index in [9.17, 15) is 9.18 Å². The van der Waals surface area contributed by atoms with Gasteiger partial charge in [0.2, 0.25) is 5.91 Å². The van der Waals surface area contributed by atoms with Crippen LogP contribution < -0.4 is 0 Å². The zero-order valence-corrected chi connectivity index (χ0v) is 14.9. The monoisotopic (exact) mass is 345 g/mol. The van der Waals surface area contributed by atoms with Gasteiger partial charge in [-0.05, 0) is 53.3 Å². The molecule has 0 spiro atoms. The number of rotatable bonds is 4. The molecule has 6 nitrogen and oxygen atoms in total. The molecular formula is C18H24FN5O. The highest BCUT2D eigenvalue weighted by Crippen LogP contribution is 2.25. The van der Waals surface area contributed by atoms with Crippen LogP contribution in [0.1, 0.15) is 37.7 Å². The number of carbonyl (C=O) groups excluding carboxylic acids is 1. The molecule has 1 aromatic carbocycles. The van der Waals surface area contributed by atoms with E-state index in [0.717, 1.165) is 25.1 Å². The fourth-order valence-corrected chi connectivity index (χ4v) is 3.75. The number of tetrazole rings is 1. The highest BCUT2D eigenvalue weighted by Gasteiger charge is 2.32. The van der Waals surface area contributed by atoms with Gasteiger partial charge in [0.05, 0.1) is 0 Å². The SMILES string of the molecule is Cc1nnnn1[C@@H](Cc1cccc(F)c1)C(=O)N1C[C@H](C)C[C@H](C)C1. The minimum absolute atomic E-state index is 0.00180. The van der Waals surface area contributed by atoms with E-state index in [1.807, 2.05) is 11.0 Å². The average molecular weight is 345 g/mol. The first-order valence-corrected chi connectivity index (χ1v) is 8.71. The second-order valence-corrected chi connectivity index (χ2v) is 7.21. The molecule has 3 atom stereocenters. The largest absolute Gasteiger partial charge is 0.340 e. The third-order valence-corrected chi connectivity index (χ3v) is 4.74. The average Bonchev–Trinajstić information content (AvgIpc) is 2.97. The molecule has 0 unspecified atom stereocenters. The molecule has 0 N–H and O–H groups in total. The number of hydrogen-bond acceptors (Lipinski definition) is 4. The summed E-state index contributed by atoms with van der Waals surface area (Å²) in [6.45, 7) is 7.58. The van der Waals surface area contributed by atoms with Crippen molar-refractivity contribution in [3.8, 4) is 0 Å². The van der Waals surface area contributed by atoms with Crippen molar-refractivity contribution in [2.24, 2.45) is 11.8 Å². The number of aryl methyl sites for hydroxylation is 1. The molecule has 134 valence electrons. The minimum Gasteiger partial charge on any atom is -0.340 e. The standard InChI is InChI=1S/C18H24FN5O/c1-12-7-13(2)11-23(10-12)18(25)17(24-14(3)20-21-22-24)9-15-5-4-6-16(19)8-15/h4-6,8,12-13,17H,7,9-11H2,1-3H3/t12-,13+,17-/m0/s1. The smallest absolute Gasteiger partial charge is 0.247 e. The lowest BCUT2D eigenvalue weighted by molar-refractivity contribution is -0.138. The van der Waals surface area contributed by atoms with Crippen LogP contribution in [0.25, 0.3) is 0 Å². The normalized spacial score (nSPS) is 22.0. The van der Waals surface area contributed by atoms with Gasteiger partial charge in [-0.15, -0.1) is 5.10 Å². The first kappa shape index (κ1) is 17.5. The number of nitrogens with zero attached hydrogens (tertiary/aromatic N) is 5. The molecule has 1 aliphatic heterocycles. The highest BCUT2D eigenvalue weighted by molar-refractivity contribution is 5.81. The van der Waals surface area contributed by atoms with Crippen LogP contribution in [0.3, 0.4) is 0 Å². The van der Waals surface area contributed by atoms with E-state index in [4.69, 9.17) is 0 Å². The van der Waals surface area contributed by atoms with Crippen LogP contribution in [0.2, 0.25) is 0 Å². The molecule has 1 fully saturated rings. The van der Waals surface area contributed by atoms with Crippen molar-refractivity contribution in [2.75, 3.05) is 13.1 Å². The van der Waals surface area contributed by atoms with Crippen LogP contribution >= 0.6 is 0 Å². The zero-order chi connectivity index (χ0) is 18.0. The van der Waals surface area contributed by atoms with Gasteiger partial charge < -0.3 is 4.90 Å². The molecule has 1 saturated heterocycles. The molecule has 1 aromatic heterocycles. The van der Waals surface area contributed by atoms with Crippen molar-refractivity contribution in [1.29, 1.82) is 0 Å². The summed E-state index contributed by atoms with van der Waals surface area (Å²) in [5.74, 6) is 1.21. The fourth-order valence-electron chi connectivity index (χ4n) is 3.75. The molecule has 0 aliphatic carbocycles. The van der Waals surface area contributed by atoms with E-state index in [2.05, 4.69) is 29.4 Å². The van der Waals surface area contributed by atoms with Gasteiger partial charge in [0.25, 0.3) is 0 Å². The van der Waals surface area contributed by atoms with E-state index in [0.29, 0.717) is 24.1 Å². The molecule has 25 heavy (non-hydrogen) atoms. The van der Waals surface area contributed by atoms with Crippen LogP contribution in [0.5, 0.6) is 0 Å². The van der Waals surface area contributed by atoms with Gasteiger partial charge in [-0.1, -0.05) is 26.0 Å². The Labute approximate surface area is 147 Å². The maximum atomic E-state index is 13.6. The summed E-state index contributed by atoms with van der Waals surface area (Å²) in [4.78, 5) is 15.2. The Morgan fingerprint density at radius 3 is 2.64 bits per heavy atom. The topological polar surface area (TPSA) is 63.9 Å². The van der Waals surface area contributed by atoms with Gasteiger partial charge in [-0.3, -0.25) is 4.79 Å². The summed E-state index contributed by atoms with van der Waals surface area (Å²) in [7, 11) is 0. The molecule has 2 heterocycles. The molecule has 1 amide bonds. The van der Waals surface area contributed by atoms with Crippen LogP contribution in [0, 0.1) is 24.6 Å². The first-order chi connectivity index (χ1) is 11.9. The number of benzene rings is 1. The Kier molecular flexibility index (Phi) is 5.11. The lowest BCUT2D eigenvalue weighted by Gasteiger charge is -2.37. The summed E-state index contributed by atoms with van der Waals surface area (Å²) in [5, 5.41) is 11.6. The summed E-state index contributed by atoms with van der Waals surface area (Å²) >= 11 is 0. The van der Waals surface area contributed by atoms with E-state index in [-0.39, 0.29) is 11.7 Å². The molecule has 1 aliphatic rings. The summed E-state index contributed by atoms with van der Waals surface area (Å²) in [6, 6.07) is 5.78. The highest BCUT2D eigenvalue weighted by atomic mass is 19.1. The predicted octanol–water partition coefficient (Wildman–Crippen LogP) is 2.41. The fraction of sp³-hybridized carbons (Fsp3) is 0.556. The summed E-state index contributed by atoms with van der Waals surface area (Å²) < 4.78 is 15.1. The Balaban J connectivity index is 1.88. The summed E-state index contributed by atoms with van der Waals surface area (Å²) in [6.07, 6.45) is 1.49. The van der Waals surface area contributed by atoms with Crippen molar-refractivity contribution in [2.45, 2.75) is 39.7 Å². The van der Waals surface area contributed by atoms with Gasteiger partial charge in [0.1, 0.15) is 17.7 Å². The molecular weight excluding hydrogens is 321 g/mol. The molecule has 2 aromatic rings. The number of likely N-dealkylation sites (tertiary alicyclic amines) is 1. The second kappa shape index (κ2) is 7.29. The van der Waals surface area contributed by atoms with Crippen molar-refractivity contribution in [1.82, 2.24) is 25.1 Å². The lowest BCUT2D eigenvalue weighted by atomic mass is 9.91. The van der Waals surface area contributed by atoms with Gasteiger partial charge in [-0.25, -0.2) is 9.07 Å². The number of hydrogen-bond donors (Lipinski definition) is 0. The number of piperidine rings is 1. The predicted molar refractivity (Wildman–Crippen MR) is 91.2 cm³/mol. The van der Waals surface area contributed by atoms with E-state index >= 15 is 0 Å². The van der Waals surface area contributed by atoms with Crippen LogP contribution in [-0.4, -0.2) is 44.1 Å². The number of carbonyl (C=O) groups is 1. The van der Waals surface area contributed by atoms with Gasteiger partial charge in [-0.2, -0.15) is 0 Å².